The monoisotopic (exact) mass is 536 g/mol. The van der Waals surface area contributed by atoms with Crippen molar-refractivity contribution in [2.45, 2.75) is 13.5 Å². The summed E-state index contributed by atoms with van der Waals surface area (Å²) in [6.45, 7) is 2.11. The van der Waals surface area contributed by atoms with Crippen LogP contribution in [0.15, 0.2) is 71.6 Å². The quantitative estimate of drug-likeness (QED) is 0.343. The SMILES string of the molecule is CCOc1ccccc1NC(=O)COc1ccc(/C=C2\SC(=O)N(Cc3ccc(F)cc3)C2=O)cc1OC. The summed E-state index contributed by atoms with van der Waals surface area (Å²) in [6, 6.07) is 17.7. The van der Waals surface area contributed by atoms with Gasteiger partial charge in [-0.05, 0) is 72.3 Å². The van der Waals surface area contributed by atoms with E-state index in [9.17, 15) is 18.8 Å². The largest absolute Gasteiger partial charge is 0.493 e. The third-order valence-electron chi connectivity index (χ3n) is 5.43. The number of imide groups is 1. The summed E-state index contributed by atoms with van der Waals surface area (Å²) in [4.78, 5) is 39.1. The van der Waals surface area contributed by atoms with Gasteiger partial charge in [0, 0.05) is 0 Å². The fourth-order valence-corrected chi connectivity index (χ4v) is 4.47. The fraction of sp³-hybridized carbons (Fsp3) is 0.179. The summed E-state index contributed by atoms with van der Waals surface area (Å²) in [7, 11) is 1.46. The van der Waals surface area contributed by atoms with Crippen LogP contribution in [-0.4, -0.2) is 42.3 Å². The minimum absolute atomic E-state index is 0.0511. The highest BCUT2D eigenvalue weighted by molar-refractivity contribution is 8.18. The maximum absolute atomic E-state index is 13.2. The van der Waals surface area contributed by atoms with E-state index in [0.29, 0.717) is 40.7 Å². The number of anilines is 1. The first kappa shape index (κ1) is 26.7. The molecule has 1 saturated heterocycles. The summed E-state index contributed by atoms with van der Waals surface area (Å²) in [5.41, 5.74) is 1.79. The molecule has 0 bridgehead atoms. The van der Waals surface area contributed by atoms with Crippen LogP contribution in [0.2, 0.25) is 0 Å². The van der Waals surface area contributed by atoms with Gasteiger partial charge in [0.05, 0.1) is 30.9 Å². The molecule has 4 rings (SSSR count). The molecule has 1 aliphatic heterocycles. The molecule has 38 heavy (non-hydrogen) atoms. The number of carbonyl (C=O) groups excluding carboxylic acids is 3. The zero-order valence-electron chi connectivity index (χ0n) is 20.7. The number of hydrogen-bond donors (Lipinski definition) is 1. The van der Waals surface area contributed by atoms with Crippen LogP contribution in [0.4, 0.5) is 14.9 Å². The Labute approximate surface area is 223 Å². The van der Waals surface area contributed by atoms with Crippen LogP contribution in [0.5, 0.6) is 17.2 Å². The maximum atomic E-state index is 13.2. The summed E-state index contributed by atoms with van der Waals surface area (Å²) < 4.78 is 29.7. The van der Waals surface area contributed by atoms with Gasteiger partial charge < -0.3 is 19.5 Å². The van der Waals surface area contributed by atoms with Gasteiger partial charge in [0.25, 0.3) is 17.1 Å². The molecular weight excluding hydrogens is 511 g/mol. The molecule has 10 heteroatoms. The van der Waals surface area contributed by atoms with Gasteiger partial charge in [-0.15, -0.1) is 0 Å². The number of nitrogens with zero attached hydrogens (tertiary/aromatic N) is 1. The van der Waals surface area contributed by atoms with Crippen molar-refractivity contribution in [3.8, 4) is 17.2 Å². The van der Waals surface area contributed by atoms with Crippen LogP contribution in [0.25, 0.3) is 6.08 Å². The highest BCUT2D eigenvalue weighted by Crippen LogP contribution is 2.35. The molecule has 3 amide bonds. The van der Waals surface area contributed by atoms with Gasteiger partial charge in [-0.1, -0.05) is 30.3 Å². The summed E-state index contributed by atoms with van der Waals surface area (Å²) in [5, 5.41) is 2.35. The van der Waals surface area contributed by atoms with Crippen LogP contribution in [0.3, 0.4) is 0 Å². The topological polar surface area (TPSA) is 94.2 Å². The number of amides is 3. The van der Waals surface area contributed by atoms with E-state index < -0.39 is 17.0 Å². The lowest BCUT2D eigenvalue weighted by Crippen LogP contribution is -2.27. The zero-order chi connectivity index (χ0) is 27.1. The first-order chi connectivity index (χ1) is 18.4. The molecule has 3 aromatic carbocycles. The Balaban J connectivity index is 1.41. The average Bonchev–Trinajstić information content (AvgIpc) is 3.17. The molecule has 0 aliphatic carbocycles. The van der Waals surface area contributed by atoms with E-state index in [1.165, 1.54) is 31.4 Å². The van der Waals surface area contributed by atoms with Crippen LogP contribution >= 0.6 is 11.8 Å². The minimum Gasteiger partial charge on any atom is -0.493 e. The number of carbonyl (C=O) groups is 3. The predicted octanol–water partition coefficient (Wildman–Crippen LogP) is 5.49. The minimum atomic E-state index is -0.437. The highest BCUT2D eigenvalue weighted by atomic mass is 32.2. The molecule has 3 aromatic rings. The number of ether oxygens (including phenoxy) is 3. The summed E-state index contributed by atoms with van der Waals surface area (Å²) >= 11 is 0.826. The molecule has 0 saturated carbocycles. The number of methoxy groups -OCH3 is 1. The van der Waals surface area contributed by atoms with Crippen molar-refractivity contribution in [1.82, 2.24) is 4.90 Å². The molecule has 0 unspecified atom stereocenters. The summed E-state index contributed by atoms with van der Waals surface area (Å²) in [6.07, 6.45) is 1.58. The first-order valence-electron chi connectivity index (χ1n) is 11.7. The molecule has 1 aliphatic rings. The predicted molar refractivity (Wildman–Crippen MR) is 143 cm³/mol. The van der Waals surface area contributed by atoms with E-state index in [4.69, 9.17) is 14.2 Å². The Morgan fingerprint density at radius 2 is 1.76 bits per heavy atom. The zero-order valence-corrected chi connectivity index (χ0v) is 21.5. The summed E-state index contributed by atoms with van der Waals surface area (Å²) in [5.74, 6) is 0.0453. The van der Waals surface area contributed by atoms with E-state index >= 15 is 0 Å². The Bertz CT molecular complexity index is 1380. The van der Waals surface area contributed by atoms with Crippen molar-refractivity contribution in [1.29, 1.82) is 0 Å². The van der Waals surface area contributed by atoms with Crippen LogP contribution in [-0.2, 0) is 16.1 Å². The molecule has 0 aromatic heterocycles. The van der Waals surface area contributed by atoms with E-state index in [1.807, 2.05) is 13.0 Å². The lowest BCUT2D eigenvalue weighted by atomic mass is 10.1. The molecule has 1 N–H and O–H groups in total. The first-order valence-corrected chi connectivity index (χ1v) is 12.5. The molecule has 0 radical (unpaired) electrons. The Morgan fingerprint density at radius 1 is 1.00 bits per heavy atom. The number of para-hydroxylation sites is 2. The number of nitrogens with one attached hydrogen (secondary N) is 1. The molecule has 196 valence electrons. The second-order valence-corrected chi connectivity index (χ2v) is 9.06. The van der Waals surface area contributed by atoms with Gasteiger partial charge in [-0.2, -0.15) is 0 Å². The number of halogens is 1. The van der Waals surface area contributed by atoms with Crippen LogP contribution in [0.1, 0.15) is 18.1 Å². The lowest BCUT2D eigenvalue weighted by Gasteiger charge is -2.13. The van der Waals surface area contributed by atoms with Gasteiger partial charge in [0.2, 0.25) is 0 Å². The Kier molecular flexibility index (Phi) is 8.65. The number of hydrogen-bond acceptors (Lipinski definition) is 7. The standard InChI is InChI=1S/C28H25FN2O6S/c1-3-36-22-7-5-4-6-21(22)30-26(32)17-37-23-13-10-19(14-24(23)35-2)15-25-27(33)31(28(34)38-25)16-18-8-11-20(29)12-9-18/h4-15H,3,16-17H2,1-2H3,(H,30,32)/b25-15-. The van der Waals surface area contributed by atoms with Gasteiger partial charge in [-0.3, -0.25) is 19.3 Å². The fourth-order valence-electron chi connectivity index (χ4n) is 3.63. The van der Waals surface area contributed by atoms with Crippen molar-refractivity contribution in [3.63, 3.8) is 0 Å². The van der Waals surface area contributed by atoms with E-state index in [-0.39, 0.29) is 24.0 Å². The Morgan fingerprint density at radius 3 is 2.50 bits per heavy atom. The van der Waals surface area contributed by atoms with Crippen molar-refractivity contribution in [2.75, 3.05) is 25.6 Å². The van der Waals surface area contributed by atoms with Crippen molar-refractivity contribution in [2.24, 2.45) is 0 Å². The molecule has 8 nitrogen and oxygen atoms in total. The van der Waals surface area contributed by atoms with E-state index in [1.54, 1.807) is 42.5 Å². The van der Waals surface area contributed by atoms with Crippen molar-refractivity contribution >= 4 is 40.6 Å². The number of rotatable bonds is 10. The van der Waals surface area contributed by atoms with Gasteiger partial charge in [-0.25, -0.2) is 4.39 Å². The molecule has 0 spiro atoms. The van der Waals surface area contributed by atoms with Gasteiger partial charge >= 0.3 is 0 Å². The van der Waals surface area contributed by atoms with Gasteiger partial charge in [0.1, 0.15) is 11.6 Å². The molecule has 0 atom stereocenters. The van der Waals surface area contributed by atoms with Crippen LogP contribution in [0, 0.1) is 5.82 Å². The average molecular weight is 537 g/mol. The van der Waals surface area contributed by atoms with Crippen molar-refractivity contribution < 1.29 is 33.0 Å². The third-order valence-corrected chi connectivity index (χ3v) is 6.34. The molecule has 1 fully saturated rings. The number of thioether (sulfide) groups is 1. The van der Waals surface area contributed by atoms with Crippen LogP contribution < -0.4 is 19.5 Å². The maximum Gasteiger partial charge on any atom is 0.293 e. The van der Waals surface area contributed by atoms with E-state index in [2.05, 4.69) is 5.32 Å². The normalized spacial score (nSPS) is 14.1. The van der Waals surface area contributed by atoms with E-state index in [0.717, 1.165) is 16.7 Å². The smallest absolute Gasteiger partial charge is 0.293 e. The number of benzene rings is 3. The molecule has 1 heterocycles. The highest BCUT2D eigenvalue weighted by Gasteiger charge is 2.35. The lowest BCUT2D eigenvalue weighted by molar-refractivity contribution is -0.123. The second kappa shape index (κ2) is 12.3. The molecular formula is C28H25FN2O6S. The van der Waals surface area contributed by atoms with Crippen molar-refractivity contribution in [3.05, 3.63) is 88.6 Å². The second-order valence-electron chi connectivity index (χ2n) is 8.07. The van der Waals surface area contributed by atoms with Gasteiger partial charge in [0.15, 0.2) is 18.1 Å². The Hall–Kier alpha value is -4.31. The third kappa shape index (κ3) is 6.51.